The Kier molecular flexibility index (Phi) is 4.52. The van der Waals surface area contributed by atoms with Crippen LogP contribution in [0.2, 0.25) is 0 Å². The van der Waals surface area contributed by atoms with Crippen molar-refractivity contribution in [2.45, 2.75) is 13.5 Å². The van der Waals surface area contributed by atoms with Crippen molar-refractivity contribution in [3.8, 4) is 5.75 Å². The van der Waals surface area contributed by atoms with Crippen LogP contribution in [0, 0.1) is 11.7 Å². The van der Waals surface area contributed by atoms with E-state index in [1.807, 2.05) is 6.92 Å². The smallest absolute Gasteiger partial charge is 0.165 e. The molecular formula is C11H16FNO2. The Labute approximate surface area is 88.6 Å². The van der Waals surface area contributed by atoms with Gasteiger partial charge in [0.05, 0.1) is 0 Å². The molecule has 0 aliphatic carbocycles. The second kappa shape index (κ2) is 5.68. The summed E-state index contributed by atoms with van der Waals surface area (Å²) in [5, 5.41) is 21.2. The molecule has 0 aliphatic heterocycles. The summed E-state index contributed by atoms with van der Waals surface area (Å²) in [6.07, 6.45) is 0. The molecule has 1 aromatic carbocycles. The minimum atomic E-state index is -0.607. The first-order valence-electron chi connectivity index (χ1n) is 4.93. The largest absolute Gasteiger partial charge is 0.505 e. The third-order valence-corrected chi connectivity index (χ3v) is 2.19. The lowest BCUT2D eigenvalue weighted by Crippen LogP contribution is -2.22. The van der Waals surface area contributed by atoms with Crippen molar-refractivity contribution < 1.29 is 14.6 Å². The molecule has 4 heteroatoms. The molecule has 0 heterocycles. The molecule has 1 atom stereocenters. The van der Waals surface area contributed by atoms with Gasteiger partial charge < -0.3 is 15.5 Å². The van der Waals surface area contributed by atoms with Crippen LogP contribution >= 0.6 is 0 Å². The molecule has 0 saturated carbocycles. The first kappa shape index (κ1) is 11.9. The van der Waals surface area contributed by atoms with E-state index in [0.717, 1.165) is 0 Å². The number of rotatable bonds is 5. The van der Waals surface area contributed by atoms with Crippen LogP contribution in [-0.4, -0.2) is 23.4 Å². The number of para-hydroxylation sites is 1. The molecule has 84 valence electrons. The summed E-state index contributed by atoms with van der Waals surface area (Å²) in [4.78, 5) is 0. The number of phenols is 1. The van der Waals surface area contributed by atoms with E-state index < -0.39 is 5.82 Å². The molecule has 0 fully saturated rings. The highest BCUT2D eigenvalue weighted by atomic mass is 19.1. The fourth-order valence-electron chi connectivity index (χ4n) is 1.22. The van der Waals surface area contributed by atoms with Crippen LogP contribution < -0.4 is 5.32 Å². The van der Waals surface area contributed by atoms with Crippen molar-refractivity contribution in [1.82, 2.24) is 5.32 Å². The van der Waals surface area contributed by atoms with Gasteiger partial charge in [-0.05, 0) is 12.0 Å². The van der Waals surface area contributed by atoms with Gasteiger partial charge in [0.2, 0.25) is 0 Å². The minimum Gasteiger partial charge on any atom is -0.505 e. The van der Waals surface area contributed by atoms with E-state index >= 15 is 0 Å². The molecule has 3 N–H and O–H groups in total. The lowest BCUT2D eigenvalue weighted by Gasteiger charge is -2.10. The summed E-state index contributed by atoms with van der Waals surface area (Å²) in [6, 6.07) is 4.44. The zero-order valence-electron chi connectivity index (χ0n) is 8.70. The van der Waals surface area contributed by atoms with Gasteiger partial charge in [0.15, 0.2) is 11.6 Å². The van der Waals surface area contributed by atoms with Gasteiger partial charge in [0.25, 0.3) is 0 Å². The SMILES string of the molecule is CC(CO)CNCc1cccc(F)c1O. The number of nitrogens with one attached hydrogen (secondary N) is 1. The fraction of sp³-hybridized carbons (Fsp3) is 0.455. The first-order chi connectivity index (χ1) is 7.15. The zero-order valence-corrected chi connectivity index (χ0v) is 8.70. The van der Waals surface area contributed by atoms with Crippen molar-refractivity contribution in [3.05, 3.63) is 29.6 Å². The Balaban J connectivity index is 2.47. The molecule has 0 bridgehead atoms. The topological polar surface area (TPSA) is 52.5 Å². The van der Waals surface area contributed by atoms with Crippen LogP contribution in [0.15, 0.2) is 18.2 Å². The Bertz CT molecular complexity index is 317. The maximum Gasteiger partial charge on any atom is 0.165 e. The van der Waals surface area contributed by atoms with Crippen LogP contribution in [0.3, 0.4) is 0 Å². The number of aromatic hydroxyl groups is 1. The number of hydrogen-bond donors (Lipinski definition) is 3. The normalized spacial score (nSPS) is 12.7. The maximum absolute atomic E-state index is 12.9. The monoisotopic (exact) mass is 213 g/mol. The predicted octanol–water partition coefficient (Wildman–Crippen LogP) is 1.25. The van der Waals surface area contributed by atoms with Crippen LogP contribution in [0.25, 0.3) is 0 Å². The minimum absolute atomic E-state index is 0.113. The molecule has 3 nitrogen and oxygen atoms in total. The van der Waals surface area contributed by atoms with Gasteiger partial charge in [-0.1, -0.05) is 19.1 Å². The average molecular weight is 213 g/mol. The molecular weight excluding hydrogens is 197 g/mol. The number of halogens is 1. The Morgan fingerprint density at radius 2 is 2.20 bits per heavy atom. The van der Waals surface area contributed by atoms with E-state index in [2.05, 4.69) is 5.32 Å². The molecule has 1 aromatic rings. The molecule has 0 saturated heterocycles. The van der Waals surface area contributed by atoms with Crippen molar-refractivity contribution in [1.29, 1.82) is 0 Å². The Hall–Kier alpha value is -1.13. The summed E-state index contributed by atoms with van der Waals surface area (Å²) in [6.45, 7) is 3.04. The van der Waals surface area contributed by atoms with Crippen molar-refractivity contribution in [3.63, 3.8) is 0 Å². The van der Waals surface area contributed by atoms with Gasteiger partial charge in [-0.15, -0.1) is 0 Å². The quantitative estimate of drug-likeness (QED) is 0.690. The van der Waals surface area contributed by atoms with Gasteiger partial charge >= 0.3 is 0 Å². The third kappa shape index (κ3) is 3.49. The van der Waals surface area contributed by atoms with E-state index in [1.165, 1.54) is 6.07 Å². The van der Waals surface area contributed by atoms with Gasteiger partial charge in [-0.3, -0.25) is 0 Å². The van der Waals surface area contributed by atoms with Crippen molar-refractivity contribution in [2.24, 2.45) is 5.92 Å². The molecule has 1 rings (SSSR count). The number of aliphatic hydroxyl groups is 1. The van der Waals surface area contributed by atoms with Gasteiger partial charge in [0.1, 0.15) is 0 Å². The fourth-order valence-corrected chi connectivity index (χ4v) is 1.22. The lowest BCUT2D eigenvalue weighted by atomic mass is 10.1. The van der Waals surface area contributed by atoms with E-state index in [9.17, 15) is 9.50 Å². The number of aliphatic hydroxyl groups excluding tert-OH is 1. The van der Waals surface area contributed by atoms with Crippen LogP contribution in [0.4, 0.5) is 4.39 Å². The molecule has 1 unspecified atom stereocenters. The molecule has 0 radical (unpaired) electrons. The predicted molar refractivity (Wildman–Crippen MR) is 56.0 cm³/mol. The molecule has 0 aromatic heterocycles. The summed E-state index contributed by atoms with van der Waals surface area (Å²) in [7, 11) is 0. The first-order valence-corrected chi connectivity index (χ1v) is 4.93. The Morgan fingerprint density at radius 3 is 2.87 bits per heavy atom. The molecule has 0 spiro atoms. The van der Waals surface area contributed by atoms with E-state index in [1.54, 1.807) is 12.1 Å². The van der Waals surface area contributed by atoms with Crippen LogP contribution in [-0.2, 0) is 6.54 Å². The van der Waals surface area contributed by atoms with Crippen molar-refractivity contribution in [2.75, 3.05) is 13.2 Å². The summed E-state index contributed by atoms with van der Waals surface area (Å²) >= 11 is 0. The van der Waals surface area contributed by atoms with Crippen LogP contribution in [0.1, 0.15) is 12.5 Å². The second-order valence-electron chi connectivity index (χ2n) is 3.67. The molecule has 0 amide bonds. The highest BCUT2D eigenvalue weighted by Gasteiger charge is 2.06. The standard InChI is InChI=1S/C11H16FNO2/c1-8(7-14)5-13-6-9-3-2-4-10(12)11(9)15/h2-4,8,13-15H,5-7H2,1H3. The summed E-state index contributed by atoms with van der Waals surface area (Å²) in [5.41, 5.74) is 0.528. The molecule has 15 heavy (non-hydrogen) atoms. The molecule has 0 aliphatic rings. The average Bonchev–Trinajstić information content (AvgIpc) is 2.24. The van der Waals surface area contributed by atoms with E-state index in [-0.39, 0.29) is 18.3 Å². The highest BCUT2D eigenvalue weighted by Crippen LogP contribution is 2.20. The van der Waals surface area contributed by atoms with Gasteiger partial charge in [-0.2, -0.15) is 0 Å². The van der Waals surface area contributed by atoms with E-state index in [0.29, 0.717) is 18.7 Å². The maximum atomic E-state index is 12.9. The van der Waals surface area contributed by atoms with Crippen LogP contribution in [0.5, 0.6) is 5.75 Å². The summed E-state index contributed by atoms with van der Waals surface area (Å²) < 4.78 is 12.9. The second-order valence-corrected chi connectivity index (χ2v) is 3.67. The number of phenolic OH excluding ortho intramolecular Hbond substituents is 1. The zero-order chi connectivity index (χ0) is 11.3. The number of hydrogen-bond acceptors (Lipinski definition) is 3. The highest BCUT2D eigenvalue weighted by molar-refractivity contribution is 5.33. The number of benzene rings is 1. The van der Waals surface area contributed by atoms with Crippen molar-refractivity contribution >= 4 is 0 Å². The third-order valence-electron chi connectivity index (χ3n) is 2.19. The lowest BCUT2D eigenvalue weighted by molar-refractivity contribution is 0.233. The Morgan fingerprint density at radius 1 is 1.47 bits per heavy atom. The van der Waals surface area contributed by atoms with E-state index in [4.69, 9.17) is 5.11 Å². The van der Waals surface area contributed by atoms with Gasteiger partial charge in [0, 0.05) is 25.3 Å². The summed E-state index contributed by atoms with van der Waals surface area (Å²) in [5.74, 6) is -0.758. The van der Waals surface area contributed by atoms with Gasteiger partial charge in [-0.25, -0.2) is 4.39 Å².